The number of amides is 3. The number of anilines is 1. The van der Waals surface area contributed by atoms with Crippen molar-refractivity contribution in [3.05, 3.63) is 112 Å². The molecular formula is C26H19ClN3O5-. The van der Waals surface area contributed by atoms with Gasteiger partial charge in [-0.1, -0.05) is 66.2 Å². The first-order chi connectivity index (χ1) is 16.8. The smallest absolute Gasteiger partial charge is 0.278 e. The molecule has 3 amide bonds. The Bertz CT molecular complexity index is 1320. The molecule has 1 heterocycles. The van der Waals surface area contributed by atoms with E-state index in [0.29, 0.717) is 11.3 Å². The van der Waals surface area contributed by atoms with Crippen LogP contribution in [0.2, 0.25) is 0 Å². The molecule has 35 heavy (non-hydrogen) atoms. The van der Waals surface area contributed by atoms with Gasteiger partial charge in [0.05, 0.1) is 12.5 Å². The molecule has 0 saturated heterocycles. The lowest BCUT2D eigenvalue weighted by Gasteiger charge is -2.15. The summed E-state index contributed by atoms with van der Waals surface area (Å²) in [5.74, 6) is -2.71. The molecule has 3 aromatic rings. The number of hydrogen-bond acceptors (Lipinski definition) is 6. The average molecular weight is 489 g/mol. The summed E-state index contributed by atoms with van der Waals surface area (Å²) in [6, 6.07) is 21.4. The van der Waals surface area contributed by atoms with E-state index in [0.717, 1.165) is 16.0 Å². The molecule has 3 aromatic carbocycles. The topological polar surface area (TPSA) is 119 Å². The largest absolute Gasteiger partial charge is 0.545 e. The van der Waals surface area contributed by atoms with E-state index >= 15 is 0 Å². The van der Waals surface area contributed by atoms with Gasteiger partial charge in [-0.2, -0.15) is 0 Å². The highest BCUT2D eigenvalue weighted by atomic mass is 35.5. The third-order valence-electron chi connectivity index (χ3n) is 5.36. The molecule has 2 N–H and O–H groups in total. The summed E-state index contributed by atoms with van der Waals surface area (Å²) in [5.41, 5.74) is 2.45. The van der Waals surface area contributed by atoms with Crippen LogP contribution in [0.4, 0.5) is 5.69 Å². The van der Waals surface area contributed by atoms with Crippen LogP contribution in [0.5, 0.6) is 0 Å². The Morgan fingerprint density at radius 1 is 0.800 bits per heavy atom. The van der Waals surface area contributed by atoms with Gasteiger partial charge in [-0.05, 0) is 41.0 Å². The molecule has 0 spiro atoms. The highest BCUT2D eigenvalue weighted by Crippen LogP contribution is 2.24. The first-order valence-electron chi connectivity index (χ1n) is 10.6. The van der Waals surface area contributed by atoms with Gasteiger partial charge in [0, 0.05) is 17.8 Å². The number of benzene rings is 3. The number of carboxylic acid groups (broad SMARTS) is 1. The number of carbonyl (C=O) groups excluding carboxylic acids is 4. The minimum absolute atomic E-state index is 0.0145. The van der Waals surface area contributed by atoms with Gasteiger partial charge >= 0.3 is 0 Å². The zero-order valence-electron chi connectivity index (χ0n) is 18.3. The number of carboxylic acids is 1. The third kappa shape index (κ3) is 5.39. The molecule has 0 aromatic heterocycles. The average Bonchev–Trinajstić information content (AvgIpc) is 3.06. The molecule has 0 bridgehead atoms. The Morgan fingerprint density at radius 3 is 2.06 bits per heavy atom. The molecule has 0 unspecified atom stereocenters. The Morgan fingerprint density at radius 2 is 1.43 bits per heavy atom. The summed E-state index contributed by atoms with van der Waals surface area (Å²) in [4.78, 5) is 49.6. The van der Waals surface area contributed by atoms with Crippen LogP contribution in [-0.4, -0.2) is 28.6 Å². The molecule has 176 valence electrons. The lowest BCUT2D eigenvalue weighted by atomic mass is 10.1. The van der Waals surface area contributed by atoms with Gasteiger partial charge in [0.1, 0.15) is 10.7 Å². The van der Waals surface area contributed by atoms with Crippen LogP contribution in [0.3, 0.4) is 0 Å². The van der Waals surface area contributed by atoms with Crippen molar-refractivity contribution in [1.29, 1.82) is 0 Å². The molecule has 1 aliphatic heterocycles. The summed E-state index contributed by atoms with van der Waals surface area (Å²) < 4.78 is 0. The van der Waals surface area contributed by atoms with Crippen LogP contribution < -0.4 is 15.7 Å². The van der Waals surface area contributed by atoms with Gasteiger partial charge in [0.2, 0.25) is 0 Å². The highest BCUT2D eigenvalue weighted by molar-refractivity contribution is 6.47. The molecule has 0 radical (unpaired) electrons. The Kier molecular flexibility index (Phi) is 6.93. The number of hydrogen-bond donors (Lipinski definition) is 2. The molecule has 0 fully saturated rings. The Labute approximate surface area is 205 Å². The number of carbonyl (C=O) groups is 4. The summed E-state index contributed by atoms with van der Waals surface area (Å²) in [7, 11) is 0. The maximum atomic E-state index is 12.7. The van der Waals surface area contributed by atoms with E-state index in [-0.39, 0.29) is 35.3 Å². The number of nitrogens with zero attached hydrogens (tertiary/aromatic N) is 1. The summed E-state index contributed by atoms with van der Waals surface area (Å²) in [6.07, 6.45) is 0. The standard InChI is InChI=1S/C26H20ClN3O5/c27-21-22(25(33)30(24(21)32)15-17-4-2-1-3-5-17)28-14-16-6-8-18(9-7-16)23(31)29-20-12-10-19(11-13-20)26(34)35/h1-13,28H,14-15H2,(H,29,31)(H,34,35)/p-1. The molecule has 1 aliphatic rings. The van der Waals surface area contributed by atoms with Crippen LogP contribution in [0.25, 0.3) is 0 Å². The highest BCUT2D eigenvalue weighted by Gasteiger charge is 2.37. The minimum atomic E-state index is -1.29. The second kappa shape index (κ2) is 10.2. The first kappa shape index (κ1) is 23.7. The minimum Gasteiger partial charge on any atom is -0.545 e. The van der Waals surface area contributed by atoms with Crippen LogP contribution >= 0.6 is 11.6 Å². The molecule has 8 nitrogen and oxygen atoms in total. The summed E-state index contributed by atoms with van der Waals surface area (Å²) in [5, 5.41) is 16.3. The molecule has 0 aliphatic carbocycles. The van der Waals surface area contributed by atoms with Crippen LogP contribution in [0, 0.1) is 0 Å². The quantitative estimate of drug-likeness (QED) is 0.470. The molecule has 4 rings (SSSR count). The van der Waals surface area contributed by atoms with Crippen molar-refractivity contribution in [2.24, 2.45) is 0 Å². The van der Waals surface area contributed by atoms with Crippen molar-refractivity contribution < 1.29 is 24.3 Å². The van der Waals surface area contributed by atoms with Gasteiger partial charge in [0.15, 0.2) is 0 Å². The molecule has 9 heteroatoms. The van der Waals surface area contributed by atoms with E-state index in [9.17, 15) is 24.3 Å². The lowest BCUT2D eigenvalue weighted by Crippen LogP contribution is -2.33. The summed E-state index contributed by atoms with van der Waals surface area (Å²) in [6.45, 7) is 0.343. The van der Waals surface area contributed by atoms with Crippen LogP contribution in [0.1, 0.15) is 31.8 Å². The van der Waals surface area contributed by atoms with Gasteiger partial charge in [-0.25, -0.2) is 0 Å². The van der Waals surface area contributed by atoms with E-state index in [1.54, 1.807) is 24.3 Å². The van der Waals surface area contributed by atoms with Crippen LogP contribution in [0.15, 0.2) is 89.6 Å². The molecule has 0 saturated carbocycles. The fourth-order valence-corrected chi connectivity index (χ4v) is 3.72. The number of nitrogens with one attached hydrogen (secondary N) is 2. The Balaban J connectivity index is 1.35. The lowest BCUT2D eigenvalue weighted by molar-refractivity contribution is -0.255. The SMILES string of the molecule is O=C([O-])c1ccc(NC(=O)c2ccc(CNC3=C(Cl)C(=O)N(Cc4ccccc4)C3=O)cc2)cc1. The zero-order chi connectivity index (χ0) is 24.9. The Hall–Kier alpha value is -4.43. The van der Waals surface area contributed by atoms with Crippen molar-refractivity contribution in [1.82, 2.24) is 10.2 Å². The summed E-state index contributed by atoms with van der Waals surface area (Å²) >= 11 is 6.14. The normalized spacial score (nSPS) is 13.2. The second-order valence-electron chi connectivity index (χ2n) is 7.74. The maximum Gasteiger partial charge on any atom is 0.278 e. The van der Waals surface area contributed by atoms with E-state index in [1.807, 2.05) is 30.3 Å². The van der Waals surface area contributed by atoms with Crippen molar-refractivity contribution >= 4 is 41.0 Å². The van der Waals surface area contributed by atoms with Crippen LogP contribution in [-0.2, 0) is 22.7 Å². The maximum absolute atomic E-state index is 12.7. The van der Waals surface area contributed by atoms with Crippen molar-refractivity contribution in [3.8, 4) is 0 Å². The molecule has 0 atom stereocenters. The number of rotatable bonds is 8. The van der Waals surface area contributed by atoms with E-state index < -0.39 is 17.8 Å². The fourth-order valence-electron chi connectivity index (χ4n) is 3.47. The monoisotopic (exact) mass is 488 g/mol. The van der Waals surface area contributed by atoms with E-state index in [1.165, 1.54) is 24.3 Å². The van der Waals surface area contributed by atoms with Crippen molar-refractivity contribution in [3.63, 3.8) is 0 Å². The van der Waals surface area contributed by atoms with Crippen molar-refractivity contribution in [2.75, 3.05) is 5.32 Å². The number of aromatic carboxylic acids is 1. The van der Waals surface area contributed by atoms with E-state index in [2.05, 4.69) is 10.6 Å². The first-order valence-corrected chi connectivity index (χ1v) is 11.0. The van der Waals surface area contributed by atoms with Gasteiger partial charge in [-0.15, -0.1) is 0 Å². The molecular weight excluding hydrogens is 470 g/mol. The van der Waals surface area contributed by atoms with E-state index in [4.69, 9.17) is 11.6 Å². The zero-order valence-corrected chi connectivity index (χ0v) is 19.0. The predicted molar refractivity (Wildman–Crippen MR) is 127 cm³/mol. The predicted octanol–water partition coefficient (Wildman–Crippen LogP) is 2.41. The third-order valence-corrected chi connectivity index (χ3v) is 5.71. The fraction of sp³-hybridized carbons (Fsp3) is 0.0769. The van der Waals surface area contributed by atoms with Crippen molar-refractivity contribution in [2.45, 2.75) is 13.1 Å². The number of imide groups is 1. The van der Waals surface area contributed by atoms with Gasteiger partial charge < -0.3 is 20.5 Å². The van der Waals surface area contributed by atoms with Gasteiger partial charge in [0.25, 0.3) is 17.7 Å². The van der Waals surface area contributed by atoms with Gasteiger partial charge in [-0.3, -0.25) is 19.3 Å². The second-order valence-corrected chi connectivity index (χ2v) is 8.12. The number of halogens is 1.